The van der Waals surface area contributed by atoms with E-state index in [0.717, 1.165) is 13.0 Å². The molecule has 1 nitrogen and oxygen atoms in total. The van der Waals surface area contributed by atoms with Crippen molar-refractivity contribution in [1.29, 1.82) is 0 Å². The quantitative estimate of drug-likeness (QED) is 0.710. The minimum atomic E-state index is 1.07. The van der Waals surface area contributed by atoms with E-state index in [2.05, 4.69) is 43.4 Å². The van der Waals surface area contributed by atoms with Gasteiger partial charge in [-0.3, -0.25) is 0 Å². The van der Waals surface area contributed by atoms with Crippen LogP contribution in [0.1, 0.15) is 19.4 Å². The number of benzene rings is 1. The standard InChI is InChI=1S/C8H10.C3H9N/c1-2-8-6-4-3-5-7-8;1-3-4-2/h3-7H,2H2,1H3;4H,3H2,1-2H3. The Kier molecular flexibility index (Phi) is 7.71. The fourth-order valence-electron chi connectivity index (χ4n) is 0.714. The van der Waals surface area contributed by atoms with E-state index in [1.54, 1.807) is 0 Å². The maximum absolute atomic E-state index is 2.93. The summed E-state index contributed by atoms with van der Waals surface area (Å²) >= 11 is 0. The molecule has 0 aliphatic rings. The molecule has 0 unspecified atom stereocenters. The van der Waals surface area contributed by atoms with Gasteiger partial charge in [-0.05, 0) is 25.6 Å². The van der Waals surface area contributed by atoms with E-state index < -0.39 is 0 Å². The number of rotatable bonds is 2. The van der Waals surface area contributed by atoms with E-state index in [0.29, 0.717) is 0 Å². The minimum absolute atomic E-state index is 1.07. The Hall–Kier alpha value is -0.820. The predicted molar refractivity (Wildman–Crippen MR) is 55.4 cm³/mol. The molecule has 68 valence electrons. The van der Waals surface area contributed by atoms with E-state index in [1.165, 1.54) is 5.56 Å². The zero-order valence-corrected chi connectivity index (χ0v) is 8.30. The lowest BCUT2D eigenvalue weighted by Crippen LogP contribution is -2.01. The molecule has 1 N–H and O–H groups in total. The SMILES string of the molecule is CCNC.CCc1ccccc1. The summed E-state index contributed by atoms with van der Waals surface area (Å²) in [6.07, 6.45) is 1.14. The van der Waals surface area contributed by atoms with Crippen LogP contribution in [0.15, 0.2) is 30.3 Å². The van der Waals surface area contributed by atoms with Crippen LogP contribution in [0.3, 0.4) is 0 Å². The average molecular weight is 165 g/mol. The van der Waals surface area contributed by atoms with Gasteiger partial charge in [-0.1, -0.05) is 44.2 Å². The van der Waals surface area contributed by atoms with Crippen molar-refractivity contribution in [3.63, 3.8) is 0 Å². The van der Waals surface area contributed by atoms with Crippen LogP contribution in [-0.2, 0) is 6.42 Å². The normalized spacial score (nSPS) is 8.58. The second-order valence-electron chi connectivity index (χ2n) is 2.55. The molecule has 1 aromatic rings. The van der Waals surface area contributed by atoms with E-state index >= 15 is 0 Å². The lowest BCUT2D eigenvalue weighted by atomic mass is 10.2. The molecule has 0 aliphatic carbocycles. The molecule has 0 spiro atoms. The van der Waals surface area contributed by atoms with Crippen LogP contribution in [0.5, 0.6) is 0 Å². The Morgan fingerprint density at radius 1 is 1.08 bits per heavy atom. The highest BCUT2D eigenvalue weighted by atomic mass is 14.8. The molecule has 0 heterocycles. The van der Waals surface area contributed by atoms with Gasteiger partial charge in [0.25, 0.3) is 0 Å². The number of aryl methyl sites for hydroxylation is 1. The molecule has 0 atom stereocenters. The average Bonchev–Trinajstić information content (AvgIpc) is 2.19. The van der Waals surface area contributed by atoms with Gasteiger partial charge >= 0.3 is 0 Å². The van der Waals surface area contributed by atoms with Gasteiger partial charge in [0, 0.05) is 0 Å². The number of hydrogen-bond acceptors (Lipinski definition) is 1. The molecule has 0 saturated heterocycles. The third-order valence-corrected chi connectivity index (χ3v) is 1.60. The van der Waals surface area contributed by atoms with Crippen LogP contribution < -0.4 is 5.32 Å². The van der Waals surface area contributed by atoms with Crippen molar-refractivity contribution in [3.8, 4) is 0 Å². The Labute approximate surface area is 75.8 Å². The summed E-state index contributed by atoms with van der Waals surface area (Å²) in [5, 5.41) is 2.93. The third-order valence-electron chi connectivity index (χ3n) is 1.60. The maximum Gasteiger partial charge on any atom is -0.00804 e. The van der Waals surface area contributed by atoms with Crippen molar-refractivity contribution in [2.24, 2.45) is 0 Å². The van der Waals surface area contributed by atoms with Crippen molar-refractivity contribution in [3.05, 3.63) is 35.9 Å². The second-order valence-corrected chi connectivity index (χ2v) is 2.55. The molecule has 1 rings (SSSR count). The van der Waals surface area contributed by atoms with Gasteiger partial charge in [-0.2, -0.15) is 0 Å². The first kappa shape index (κ1) is 11.2. The molecular formula is C11H19N. The first-order valence-corrected chi connectivity index (χ1v) is 4.53. The van der Waals surface area contributed by atoms with Gasteiger partial charge < -0.3 is 5.32 Å². The summed E-state index contributed by atoms with van der Waals surface area (Å²) in [4.78, 5) is 0. The van der Waals surface area contributed by atoms with Crippen LogP contribution in [0.25, 0.3) is 0 Å². The van der Waals surface area contributed by atoms with E-state index in [9.17, 15) is 0 Å². The van der Waals surface area contributed by atoms with Gasteiger partial charge in [-0.25, -0.2) is 0 Å². The summed E-state index contributed by atoms with van der Waals surface area (Å²) in [6.45, 7) is 5.30. The highest BCUT2D eigenvalue weighted by Gasteiger charge is 1.79. The van der Waals surface area contributed by atoms with Crippen molar-refractivity contribution in [1.82, 2.24) is 5.32 Å². The van der Waals surface area contributed by atoms with Crippen LogP contribution in [-0.4, -0.2) is 13.6 Å². The van der Waals surface area contributed by atoms with Gasteiger partial charge in [0.1, 0.15) is 0 Å². The lowest BCUT2D eigenvalue weighted by Gasteiger charge is -1.89. The van der Waals surface area contributed by atoms with E-state index in [4.69, 9.17) is 0 Å². The minimum Gasteiger partial charge on any atom is -0.320 e. The summed E-state index contributed by atoms with van der Waals surface area (Å²) in [7, 11) is 1.93. The molecule has 0 aromatic heterocycles. The zero-order chi connectivity index (χ0) is 9.23. The molecule has 0 aliphatic heterocycles. The highest BCUT2D eigenvalue weighted by molar-refractivity contribution is 5.13. The van der Waals surface area contributed by atoms with Crippen molar-refractivity contribution < 1.29 is 0 Å². The van der Waals surface area contributed by atoms with Gasteiger partial charge in [-0.15, -0.1) is 0 Å². The van der Waals surface area contributed by atoms with Crippen LogP contribution >= 0.6 is 0 Å². The summed E-state index contributed by atoms with van der Waals surface area (Å²) in [6, 6.07) is 10.5. The largest absolute Gasteiger partial charge is 0.320 e. The molecule has 0 fully saturated rings. The van der Waals surface area contributed by atoms with Crippen LogP contribution in [0.2, 0.25) is 0 Å². The first-order chi connectivity index (χ1) is 5.85. The summed E-state index contributed by atoms with van der Waals surface area (Å²) in [5.74, 6) is 0. The zero-order valence-electron chi connectivity index (χ0n) is 8.30. The lowest BCUT2D eigenvalue weighted by molar-refractivity contribution is 0.864. The molecule has 0 bridgehead atoms. The van der Waals surface area contributed by atoms with Gasteiger partial charge in [0.05, 0.1) is 0 Å². The fourth-order valence-corrected chi connectivity index (χ4v) is 0.714. The fraction of sp³-hybridized carbons (Fsp3) is 0.455. The molecule has 1 aromatic carbocycles. The van der Waals surface area contributed by atoms with Crippen molar-refractivity contribution in [2.45, 2.75) is 20.3 Å². The van der Waals surface area contributed by atoms with Crippen molar-refractivity contribution >= 4 is 0 Å². The van der Waals surface area contributed by atoms with E-state index in [-0.39, 0.29) is 0 Å². The molecule has 12 heavy (non-hydrogen) atoms. The summed E-state index contributed by atoms with van der Waals surface area (Å²) in [5.41, 5.74) is 1.41. The molecule has 1 heteroatoms. The smallest absolute Gasteiger partial charge is 0.00804 e. The Morgan fingerprint density at radius 3 is 1.83 bits per heavy atom. The van der Waals surface area contributed by atoms with Crippen molar-refractivity contribution in [2.75, 3.05) is 13.6 Å². The molecule has 0 saturated carbocycles. The maximum atomic E-state index is 2.93. The molecule has 0 amide bonds. The Morgan fingerprint density at radius 2 is 1.58 bits per heavy atom. The first-order valence-electron chi connectivity index (χ1n) is 4.53. The number of nitrogens with one attached hydrogen (secondary N) is 1. The van der Waals surface area contributed by atoms with Gasteiger partial charge in [0.2, 0.25) is 0 Å². The second kappa shape index (κ2) is 8.28. The Bertz CT molecular complexity index is 168. The van der Waals surface area contributed by atoms with Crippen LogP contribution in [0, 0.1) is 0 Å². The van der Waals surface area contributed by atoms with Crippen LogP contribution in [0.4, 0.5) is 0 Å². The molecular weight excluding hydrogens is 146 g/mol. The van der Waals surface area contributed by atoms with E-state index in [1.807, 2.05) is 13.1 Å². The highest BCUT2D eigenvalue weighted by Crippen LogP contribution is 1.96. The Balaban J connectivity index is 0.000000261. The molecule has 0 radical (unpaired) electrons. The third kappa shape index (κ3) is 5.93. The summed E-state index contributed by atoms with van der Waals surface area (Å²) < 4.78 is 0. The monoisotopic (exact) mass is 165 g/mol. The topological polar surface area (TPSA) is 12.0 Å². The van der Waals surface area contributed by atoms with Gasteiger partial charge in [0.15, 0.2) is 0 Å². The predicted octanol–water partition coefficient (Wildman–Crippen LogP) is 2.47. The number of hydrogen-bond donors (Lipinski definition) is 1.